The first-order chi connectivity index (χ1) is 10.9. The Balaban J connectivity index is 2.17. The van der Waals surface area contributed by atoms with Crippen LogP contribution < -0.4 is 4.65 Å². The van der Waals surface area contributed by atoms with E-state index in [9.17, 15) is 10.0 Å². The number of quaternary nitrogens is 1. The van der Waals surface area contributed by atoms with Crippen molar-refractivity contribution in [1.82, 2.24) is 4.65 Å². The number of rotatable bonds is 12. The third-order valence-electron chi connectivity index (χ3n) is 4.32. The molecule has 0 aliphatic carbocycles. The Hall–Kier alpha value is -1.19. The van der Waals surface area contributed by atoms with Gasteiger partial charge in [0, 0.05) is 24.1 Å². The average molecular weight is 319 g/mol. The minimum absolute atomic E-state index is 0.190. The second kappa shape index (κ2) is 10.6. The Morgan fingerprint density at radius 2 is 1.35 bits per heavy atom. The summed E-state index contributed by atoms with van der Waals surface area (Å²) < 4.78 is -0.466. The number of carbonyl (C=O) groups excluding carboxylic acids is 1. The Kier molecular flexibility index (Phi) is 9.12. The van der Waals surface area contributed by atoms with Crippen molar-refractivity contribution < 1.29 is 4.79 Å². The molecule has 1 aromatic rings. The van der Waals surface area contributed by atoms with Gasteiger partial charge in [0.25, 0.3) is 0 Å². The number of hydroxylamine groups is 2. The van der Waals surface area contributed by atoms with E-state index in [1.807, 2.05) is 0 Å². The van der Waals surface area contributed by atoms with Gasteiger partial charge < -0.3 is 9.85 Å². The summed E-state index contributed by atoms with van der Waals surface area (Å²) in [4.78, 5) is 12.1. The lowest BCUT2D eigenvalue weighted by atomic mass is 10.0. The van der Waals surface area contributed by atoms with Crippen LogP contribution in [0.25, 0.3) is 0 Å². The van der Waals surface area contributed by atoms with Gasteiger partial charge in [0.05, 0.1) is 14.1 Å². The topological polar surface area (TPSA) is 40.1 Å². The largest absolute Gasteiger partial charge is 0.628 e. The summed E-state index contributed by atoms with van der Waals surface area (Å²) in [5.41, 5.74) is 1.39. The zero-order valence-electron chi connectivity index (χ0n) is 15.1. The van der Waals surface area contributed by atoms with Crippen LogP contribution in [0.3, 0.4) is 0 Å². The molecule has 0 bridgehead atoms. The molecule has 0 aliphatic rings. The molecule has 0 aliphatic heterocycles. The standard InChI is InChI=1S/C20H33NO2/c1-4-5-6-7-8-9-10-11-12-13-20(22)18-14-16-19(17-15-18)21(2,3)23/h14-17H,4-13H2,1-3H3. The Morgan fingerprint density at radius 1 is 0.870 bits per heavy atom. The molecule has 3 nitrogen and oxygen atoms in total. The van der Waals surface area contributed by atoms with Crippen molar-refractivity contribution in [3.05, 3.63) is 35.0 Å². The molecule has 23 heavy (non-hydrogen) atoms. The van der Waals surface area contributed by atoms with E-state index in [-0.39, 0.29) is 5.78 Å². The SMILES string of the molecule is CCCCCCCCCCCC(=O)c1ccc([N+](C)(C)[O-])cc1. The summed E-state index contributed by atoms with van der Waals surface area (Å²) >= 11 is 0. The van der Waals surface area contributed by atoms with Gasteiger partial charge in [-0.05, 0) is 18.6 Å². The number of Topliss-reactive ketones (excluding diaryl/α,β-unsaturated/α-hetero) is 1. The van der Waals surface area contributed by atoms with E-state index in [1.54, 1.807) is 38.4 Å². The second-order valence-corrected chi connectivity index (χ2v) is 6.90. The number of nitrogens with zero attached hydrogens (tertiary/aromatic N) is 1. The predicted molar refractivity (Wildman–Crippen MR) is 99.6 cm³/mol. The van der Waals surface area contributed by atoms with E-state index in [1.165, 1.54) is 44.9 Å². The average Bonchev–Trinajstić information content (AvgIpc) is 2.52. The highest BCUT2D eigenvalue weighted by atomic mass is 16.5. The second-order valence-electron chi connectivity index (χ2n) is 6.90. The summed E-state index contributed by atoms with van der Waals surface area (Å²) in [5.74, 6) is 0.190. The van der Waals surface area contributed by atoms with Crippen LogP contribution in [0.5, 0.6) is 0 Å². The van der Waals surface area contributed by atoms with Crippen LogP contribution in [-0.4, -0.2) is 19.9 Å². The van der Waals surface area contributed by atoms with E-state index in [0.717, 1.165) is 18.4 Å². The third-order valence-corrected chi connectivity index (χ3v) is 4.32. The number of hydrogen-bond donors (Lipinski definition) is 0. The minimum Gasteiger partial charge on any atom is -0.628 e. The van der Waals surface area contributed by atoms with Crippen LogP contribution in [-0.2, 0) is 0 Å². The molecule has 0 spiro atoms. The van der Waals surface area contributed by atoms with Crippen LogP contribution >= 0.6 is 0 Å². The predicted octanol–water partition coefficient (Wildman–Crippen LogP) is 5.85. The molecule has 0 saturated carbocycles. The fraction of sp³-hybridized carbons (Fsp3) is 0.650. The summed E-state index contributed by atoms with van der Waals surface area (Å²) in [6, 6.07) is 7.08. The van der Waals surface area contributed by atoms with Gasteiger partial charge in [0.2, 0.25) is 0 Å². The van der Waals surface area contributed by atoms with Crippen LogP contribution in [0.1, 0.15) is 81.5 Å². The first-order valence-electron chi connectivity index (χ1n) is 9.14. The van der Waals surface area contributed by atoms with E-state index < -0.39 is 4.65 Å². The lowest BCUT2D eigenvalue weighted by Gasteiger charge is -2.33. The maximum atomic E-state index is 12.1. The highest BCUT2D eigenvalue weighted by Gasteiger charge is 2.10. The van der Waals surface area contributed by atoms with Crippen LogP contribution in [0.15, 0.2) is 24.3 Å². The highest BCUT2D eigenvalue weighted by molar-refractivity contribution is 5.96. The van der Waals surface area contributed by atoms with Gasteiger partial charge in [-0.25, -0.2) is 0 Å². The van der Waals surface area contributed by atoms with Gasteiger partial charge in [-0.3, -0.25) is 4.79 Å². The maximum Gasteiger partial charge on any atom is 0.162 e. The molecule has 1 rings (SSSR count). The van der Waals surface area contributed by atoms with Gasteiger partial charge in [0.15, 0.2) is 5.78 Å². The number of hydrogen-bond acceptors (Lipinski definition) is 2. The molecular formula is C20H33NO2. The molecule has 3 heteroatoms. The van der Waals surface area contributed by atoms with Crippen LogP contribution in [0, 0.1) is 5.21 Å². The van der Waals surface area contributed by atoms with Crippen molar-refractivity contribution in [3.8, 4) is 0 Å². The molecular weight excluding hydrogens is 286 g/mol. The highest BCUT2D eigenvalue weighted by Crippen LogP contribution is 2.19. The van der Waals surface area contributed by atoms with E-state index in [4.69, 9.17) is 0 Å². The zero-order valence-corrected chi connectivity index (χ0v) is 15.1. The Morgan fingerprint density at radius 3 is 1.83 bits per heavy atom. The fourth-order valence-corrected chi connectivity index (χ4v) is 2.75. The molecule has 0 N–H and O–H groups in total. The lowest BCUT2D eigenvalue weighted by molar-refractivity contribution is 0.0979. The first kappa shape index (κ1) is 19.9. The number of carbonyl (C=O) groups is 1. The molecule has 0 fully saturated rings. The summed E-state index contributed by atoms with van der Waals surface area (Å²) in [6.45, 7) is 2.24. The van der Waals surface area contributed by atoms with Gasteiger partial charge in [-0.15, -0.1) is 0 Å². The molecule has 130 valence electrons. The monoisotopic (exact) mass is 319 g/mol. The molecule has 0 amide bonds. The minimum atomic E-state index is -0.466. The van der Waals surface area contributed by atoms with Crippen molar-refractivity contribution in [2.75, 3.05) is 14.1 Å². The molecule has 1 aromatic carbocycles. The third kappa shape index (κ3) is 8.29. The van der Waals surface area contributed by atoms with Gasteiger partial charge in [-0.1, -0.05) is 58.3 Å². The summed E-state index contributed by atoms with van der Waals surface area (Å²) in [6.07, 6.45) is 12.0. The van der Waals surface area contributed by atoms with Gasteiger partial charge >= 0.3 is 0 Å². The Bertz CT molecular complexity index is 446. The normalized spacial score (nSPS) is 11.7. The quantitative estimate of drug-likeness (QED) is 0.210. The van der Waals surface area contributed by atoms with Gasteiger partial charge in [0.1, 0.15) is 5.69 Å². The smallest absolute Gasteiger partial charge is 0.162 e. The number of ketones is 1. The maximum absolute atomic E-state index is 12.1. The zero-order chi connectivity index (χ0) is 17.1. The molecule has 0 heterocycles. The van der Waals surface area contributed by atoms with Crippen molar-refractivity contribution in [3.63, 3.8) is 0 Å². The van der Waals surface area contributed by atoms with Crippen molar-refractivity contribution in [1.29, 1.82) is 0 Å². The molecule has 0 atom stereocenters. The van der Waals surface area contributed by atoms with E-state index in [2.05, 4.69) is 6.92 Å². The lowest BCUT2D eigenvalue weighted by Crippen LogP contribution is -2.32. The van der Waals surface area contributed by atoms with Crippen molar-refractivity contribution >= 4 is 11.5 Å². The van der Waals surface area contributed by atoms with E-state index in [0.29, 0.717) is 12.1 Å². The summed E-state index contributed by atoms with van der Waals surface area (Å²) in [7, 11) is 3.16. The fourth-order valence-electron chi connectivity index (χ4n) is 2.75. The number of benzene rings is 1. The van der Waals surface area contributed by atoms with E-state index >= 15 is 0 Å². The summed E-state index contributed by atoms with van der Waals surface area (Å²) in [5, 5.41) is 11.8. The molecule has 0 saturated heterocycles. The van der Waals surface area contributed by atoms with Crippen molar-refractivity contribution in [2.45, 2.75) is 71.1 Å². The molecule has 0 unspecified atom stereocenters. The van der Waals surface area contributed by atoms with Crippen molar-refractivity contribution in [2.24, 2.45) is 0 Å². The molecule has 0 aromatic heterocycles. The molecule has 0 radical (unpaired) electrons. The van der Waals surface area contributed by atoms with Crippen LogP contribution in [0.4, 0.5) is 5.69 Å². The Labute approximate surface area is 141 Å². The number of unbranched alkanes of at least 4 members (excludes halogenated alkanes) is 8. The van der Waals surface area contributed by atoms with Gasteiger partial charge in [-0.2, -0.15) is 0 Å². The van der Waals surface area contributed by atoms with Crippen LogP contribution in [0.2, 0.25) is 0 Å². The first-order valence-corrected chi connectivity index (χ1v) is 9.14.